The third kappa shape index (κ3) is 2.61. The first-order chi connectivity index (χ1) is 10.8. The molecule has 0 amide bonds. The molecule has 0 aliphatic heterocycles. The summed E-state index contributed by atoms with van der Waals surface area (Å²) in [5.74, 6) is 0.195. The maximum atomic E-state index is 12.9. The monoisotopic (exact) mass is 322 g/mol. The highest BCUT2D eigenvalue weighted by Crippen LogP contribution is 2.30. The highest BCUT2D eigenvalue weighted by Gasteiger charge is 2.33. The van der Waals surface area contributed by atoms with Crippen molar-refractivity contribution in [1.29, 1.82) is 0 Å². The van der Waals surface area contributed by atoms with Crippen molar-refractivity contribution in [1.82, 2.24) is 14.0 Å². The van der Waals surface area contributed by atoms with E-state index < -0.39 is 23.5 Å². The van der Waals surface area contributed by atoms with Crippen LogP contribution in [0.15, 0.2) is 47.4 Å². The van der Waals surface area contributed by atoms with Crippen molar-refractivity contribution in [3.63, 3.8) is 0 Å². The Kier molecular flexibility index (Phi) is 3.48. The Hall–Kier alpha value is -2.61. The standard InChI is InChI=1S/C15H13F3N4O/c1-9(19)13-20-12-7-10(15(16,17)18)8-21(12)14(23)22(13)11-5-3-2-4-6-11/h2-9H,19H2,1H3/t9-/m0/s1. The number of hydrogen-bond donors (Lipinski definition) is 1. The molecule has 0 fully saturated rings. The van der Waals surface area contributed by atoms with Gasteiger partial charge in [0, 0.05) is 6.20 Å². The summed E-state index contributed by atoms with van der Waals surface area (Å²) in [5.41, 5.74) is 4.68. The number of para-hydroxylation sites is 1. The van der Waals surface area contributed by atoms with Crippen molar-refractivity contribution in [3.8, 4) is 5.69 Å². The summed E-state index contributed by atoms with van der Waals surface area (Å²) in [4.78, 5) is 16.8. The summed E-state index contributed by atoms with van der Waals surface area (Å²) in [6.07, 6.45) is -3.80. The second-order valence-corrected chi connectivity index (χ2v) is 5.17. The predicted octanol–water partition coefficient (Wildman–Crippen LogP) is 2.52. The molecule has 1 aromatic carbocycles. The molecular weight excluding hydrogens is 309 g/mol. The molecular formula is C15H13F3N4O. The van der Waals surface area contributed by atoms with Crippen LogP contribution in [-0.2, 0) is 6.18 Å². The Morgan fingerprint density at radius 1 is 1.22 bits per heavy atom. The molecule has 2 aromatic heterocycles. The fourth-order valence-corrected chi connectivity index (χ4v) is 2.34. The Labute approximate surface area is 128 Å². The Bertz CT molecular complexity index is 910. The first-order valence-electron chi connectivity index (χ1n) is 6.82. The molecule has 120 valence electrons. The number of halogens is 3. The highest BCUT2D eigenvalue weighted by atomic mass is 19.4. The van der Waals surface area contributed by atoms with Crippen LogP contribution in [0.3, 0.4) is 0 Å². The molecule has 0 aliphatic rings. The van der Waals surface area contributed by atoms with Gasteiger partial charge in [0.05, 0.1) is 17.3 Å². The van der Waals surface area contributed by atoms with Crippen LogP contribution in [0, 0.1) is 0 Å². The van der Waals surface area contributed by atoms with E-state index in [0.29, 0.717) is 5.69 Å². The zero-order valence-corrected chi connectivity index (χ0v) is 12.1. The molecule has 0 saturated heterocycles. The number of hydrogen-bond acceptors (Lipinski definition) is 3. The average molecular weight is 322 g/mol. The molecule has 5 nitrogen and oxygen atoms in total. The summed E-state index contributed by atoms with van der Waals surface area (Å²) in [5, 5.41) is 0. The molecule has 0 bridgehead atoms. The smallest absolute Gasteiger partial charge is 0.322 e. The van der Waals surface area contributed by atoms with Gasteiger partial charge in [0.1, 0.15) is 11.5 Å². The molecule has 0 unspecified atom stereocenters. The van der Waals surface area contributed by atoms with Gasteiger partial charge in [-0.05, 0) is 25.1 Å². The minimum absolute atomic E-state index is 0.0817. The highest BCUT2D eigenvalue weighted by molar-refractivity contribution is 5.45. The third-order valence-electron chi connectivity index (χ3n) is 3.40. The second-order valence-electron chi connectivity index (χ2n) is 5.17. The van der Waals surface area contributed by atoms with Crippen LogP contribution in [0.1, 0.15) is 24.4 Å². The summed E-state index contributed by atoms with van der Waals surface area (Å²) < 4.78 is 40.7. The molecule has 3 aromatic rings. The molecule has 0 radical (unpaired) electrons. The van der Waals surface area contributed by atoms with E-state index in [1.165, 1.54) is 4.57 Å². The molecule has 23 heavy (non-hydrogen) atoms. The van der Waals surface area contributed by atoms with Gasteiger partial charge in [-0.3, -0.25) is 4.40 Å². The summed E-state index contributed by atoms with van der Waals surface area (Å²) >= 11 is 0. The summed E-state index contributed by atoms with van der Waals surface area (Å²) in [7, 11) is 0. The van der Waals surface area contributed by atoms with Crippen LogP contribution in [0.4, 0.5) is 13.2 Å². The second kappa shape index (κ2) is 5.24. The Morgan fingerprint density at radius 2 is 1.87 bits per heavy atom. The van der Waals surface area contributed by atoms with Crippen LogP contribution in [0.5, 0.6) is 0 Å². The topological polar surface area (TPSA) is 65.3 Å². The number of fused-ring (bicyclic) bond motifs is 1. The quantitative estimate of drug-likeness (QED) is 0.788. The van der Waals surface area contributed by atoms with Gasteiger partial charge in [-0.15, -0.1) is 0 Å². The largest absolute Gasteiger partial charge is 0.417 e. The zero-order valence-electron chi connectivity index (χ0n) is 12.1. The van der Waals surface area contributed by atoms with Gasteiger partial charge < -0.3 is 5.73 Å². The van der Waals surface area contributed by atoms with Gasteiger partial charge in [0.2, 0.25) is 0 Å². The van der Waals surface area contributed by atoms with Crippen molar-refractivity contribution < 1.29 is 13.2 Å². The predicted molar refractivity (Wildman–Crippen MR) is 78.4 cm³/mol. The molecule has 0 spiro atoms. The van der Waals surface area contributed by atoms with E-state index in [-0.39, 0.29) is 11.5 Å². The number of nitrogens with two attached hydrogens (primary N) is 1. The molecule has 3 rings (SSSR count). The van der Waals surface area contributed by atoms with Gasteiger partial charge in [0.25, 0.3) is 0 Å². The van der Waals surface area contributed by atoms with E-state index in [2.05, 4.69) is 4.98 Å². The van der Waals surface area contributed by atoms with Crippen molar-refractivity contribution in [2.45, 2.75) is 19.1 Å². The fraction of sp³-hybridized carbons (Fsp3) is 0.200. The van der Waals surface area contributed by atoms with Crippen LogP contribution in [0.2, 0.25) is 0 Å². The minimum atomic E-state index is -4.55. The van der Waals surface area contributed by atoms with Crippen LogP contribution < -0.4 is 11.4 Å². The van der Waals surface area contributed by atoms with Crippen LogP contribution in [-0.4, -0.2) is 14.0 Å². The van der Waals surface area contributed by atoms with E-state index in [4.69, 9.17) is 5.73 Å². The zero-order chi connectivity index (χ0) is 16.8. The maximum absolute atomic E-state index is 12.9. The maximum Gasteiger partial charge on any atom is 0.417 e. The van der Waals surface area contributed by atoms with Crippen molar-refractivity contribution >= 4 is 5.65 Å². The first-order valence-corrected chi connectivity index (χ1v) is 6.82. The number of alkyl halides is 3. The van der Waals surface area contributed by atoms with Gasteiger partial charge in [-0.25, -0.2) is 14.3 Å². The molecule has 0 saturated carbocycles. The SMILES string of the molecule is C[C@H](N)c1nc2cc(C(F)(F)F)cn2c(=O)n1-c1ccccc1. The van der Waals surface area contributed by atoms with Gasteiger partial charge in [0.15, 0.2) is 0 Å². The lowest BCUT2D eigenvalue weighted by Crippen LogP contribution is -2.31. The van der Waals surface area contributed by atoms with Gasteiger partial charge in [-0.1, -0.05) is 18.2 Å². The van der Waals surface area contributed by atoms with Crippen molar-refractivity contribution in [2.75, 3.05) is 0 Å². The fourth-order valence-electron chi connectivity index (χ4n) is 2.34. The molecule has 2 heterocycles. The van der Waals surface area contributed by atoms with Crippen LogP contribution >= 0.6 is 0 Å². The van der Waals surface area contributed by atoms with E-state index in [9.17, 15) is 18.0 Å². The third-order valence-corrected chi connectivity index (χ3v) is 3.40. The van der Waals surface area contributed by atoms with E-state index in [0.717, 1.165) is 16.7 Å². The molecule has 0 aliphatic carbocycles. The number of benzene rings is 1. The van der Waals surface area contributed by atoms with Crippen molar-refractivity contribution in [3.05, 3.63) is 64.5 Å². The lowest BCUT2D eigenvalue weighted by atomic mass is 10.2. The minimum Gasteiger partial charge on any atom is -0.322 e. The summed E-state index contributed by atoms with van der Waals surface area (Å²) in [6, 6.07) is 8.73. The number of nitrogens with zero attached hydrogens (tertiary/aromatic N) is 3. The summed E-state index contributed by atoms with van der Waals surface area (Å²) in [6.45, 7) is 1.62. The Balaban J connectivity index is 2.37. The molecule has 2 N–H and O–H groups in total. The average Bonchev–Trinajstić information content (AvgIpc) is 2.92. The van der Waals surface area contributed by atoms with Gasteiger partial charge >= 0.3 is 11.9 Å². The number of aromatic nitrogens is 3. The lowest BCUT2D eigenvalue weighted by Gasteiger charge is -2.15. The van der Waals surface area contributed by atoms with Crippen LogP contribution in [0.25, 0.3) is 11.3 Å². The Morgan fingerprint density at radius 3 is 2.43 bits per heavy atom. The lowest BCUT2D eigenvalue weighted by molar-refractivity contribution is -0.137. The van der Waals surface area contributed by atoms with E-state index in [1.54, 1.807) is 37.3 Å². The molecule has 1 atom stereocenters. The first kappa shape index (κ1) is 15.3. The normalized spacial score (nSPS) is 13.4. The van der Waals surface area contributed by atoms with Crippen molar-refractivity contribution in [2.24, 2.45) is 5.73 Å². The van der Waals surface area contributed by atoms with E-state index in [1.807, 2.05) is 0 Å². The van der Waals surface area contributed by atoms with Gasteiger partial charge in [-0.2, -0.15) is 13.2 Å². The molecule has 8 heteroatoms. The van der Waals surface area contributed by atoms with E-state index >= 15 is 0 Å². The number of rotatable bonds is 2.